The molecule has 1 fully saturated rings. The molecule has 0 saturated carbocycles. The minimum absolute atomic E-state index is 0.163. The fraction of sp³-hybridized carbons (Fsp3) is 0.571. The fourth-order valence-corrected chi connectivity index (χ4v) is 2.61. The van der Waals surface area contributed by atoms with Gasteiger partial charge in [-0.3, -0.25) is 0 Å². The summed E-state index contributed by atoms with van der Waals surface area (Å²) in [5.74, 6) is 0.391. The number of benzene rings is 1. The Hall–Kier alpha value is -1.09. The van der Waals surface area contributed by atoms with Crippen molar-refractivity contribution in [2.24, 2.45) is 11.7 Å². The van der Waals surface area contributed by atoms with Gasteiger partial charge in [-0.05, 0) is 37.0 Å². The van der Waals surface area contributed by atoms with Crippen molar-refractivity contribution in [3.05, 3.63) is 30.1 Å². The zero-order valence-electron chi connectivity index (χ0n) is 10.4. The van der Waals surface area contributed by atoms with Crippen LogP contribution in [0.4, 0.5) is 10.1 Å². The van der Waals surface area contributed by atoms with Gasteiger partial charge in [0, 0.05) is 24.8 Å². The second-order valence-electron chi connectivity index (χ2n) is 4.93. The monoisotopic (exact) mass is 236 g/mol. The molecule has 2 unspecified atom stereocenters. The van der Waals surface area contributed by atoms with E-state index in [-0.39, 0.29) is 5.82 Å². The normalized spacial score (nSPS) is 21.8. The van der Waals surface area contributed by atoms with Crippen LogP contribution in [0, 0.1) is 11.7 Å². The molecule has 2 atom stereocenters. The third kappa shape index (κ3) is 2.97. The maximum atomic E-state index is 13.1. The van der Waals surface area contributed by atoms with Crippen molar-refractivity contribution in [2.75, 3.05) is 18.0 Å². The summed E-state index contributed by atoms with van der Waals surface area (Å²) in [5, 5.41) is 0. The van der Waals surface area contributed by atoms with E-state index in [1.165, 1.54) is 6.07 Å². The Balaban J connectivity index is 1.98. The van der Waals surface area contributed by atoms with Gasteiger partial charge in [-0.1, -0.05) is 19.4 Å². The maximum absolute atomic E-state index is 13.1. The number of hydrogen-bond donors (Lipinski definition) is 1. The highest BCUT2D eigenvalue weighted by atomic mass is 19.1. The summed E-state index contributed by atoms with van der Waals surface area (Å²) in [7, 11) is 0. The van der Waals surface area contributed by atoms with Gasteiger partial charge in [0.2, 0.25) is 0 Å². The molecule has 1 saturated heterocycles. The summed E-state index contributed by atoms with van der Waals surface area (Å²) in [5.41, 5.74) is 7.14. The molecule has 0 aliphatic carbocycles. The topological polar surface area (TPSA) is 29.3 Å². The third-order valence-electron chi connectivity index (χ3n) is 3.63. The molecule has 0 aromatic heterocycles. The van der Waals surface area contributed by atoms with Crippen molar-refractivity contribution in [3.63, 3.8) is 0 Å². The van der Waals surface area contributed by atoms with Crippen LogP contribution in [0.1, 0.15) is 26.2 Å². The van der Waals surface area contributed by atoms with E-state index in [0.29, 0.717) is 12.0 Å². The van der Waals surface area contributed by atoms with E-state index in [2.05, 4.69) is 11.8 Å². The number of anilines is 1. The second kappa shape index (κ2) is 5.50. The lowest BCUT2D eigenvalue weighted by Crippen LogP contribution is -2.32. The van der Waals surface area contributed by atoms with Crippen molar-refractivity contribution in [1.29, 1.82) is 0 Å². The summed E-state index contributed by atoms with van der Waals surface area (Å²) in [6, 6.07) is 7.12. The van der Waals surface area contributed by atoms with E-state index in [1.54, 1.807) is 12.1 Å². The van der Waals surface area contributed by atoms with E-state index >= 15 is 0 Å². The molecule has 2 nitrogen and oxygen atoms in total. The van der Waals surface area contributed by atoms with Gasteiger partial charge in [0.05, 0.1) is 0 Å². The first kappa shape index (κ1) is 12.4. The van der Waals surface area contributed by atoms with Crippen LogP contribution in [0.25, 0.3) is 0 Å². The molecule has 2 rings (SSSR count). The van der Waals surface area contributed by atoms with Gasteiger partial charge in [-0.15, -0.1) is 0 Å². The molecule has 2 N–H and O–H groups in total. The van der Waals surface area contributed by atoms with Gasteiger partial charge < -0.3 is 10.6 Å². The van der Waals surface area contributed by atoms with Crippen LogP contribution in [-0.2, 0) is 0 Å². The minimum Gasteiger partial charge on any atom is -0.371 e. The average Bonchev–Trinajstić information content (AvgIpc) is 2.78. The molecule has 0 amide bonds. The van der Waals surface area contributed by atoms with Crippen LogP contribution in [-0.4, -0.2) is 19.1 Å². The highest BCUT2D eigenvalue weighted by Crippen LogP contribution is 2.26. The number of hydrogen-bond acceptors (Lipinski definition) is 2. The van der Waals surface area contributed by atoms with Crippen LogP contribution in [0.3, 0.4) is 0 Å². The molecule has 17 heavy (non-hydrogen) atoms. The first-order valence-corrected chi connectivity index (χ1v) is 6.46. The lowest BCUT2D eigenvalue weighted by atomic mass is 9.96. The Kier molecular flexibility index (Phi) is 4.00. The Morgan fingerprint density at radius 1 is 1.53 bits per heavy atom. The van der Waals surface area contributed by atoms with Crippen molar-refractivity contribution in [1.82, 2.24) is 0 Å². The van der Waals surface area contributed by atoms with Gasteiger partial charge in [0.15, 0.2) is 0 Å². The molecule has 94 valence electrons. The summed E-state index contributed by atoms with van der Waals surface area (Å²) in [6.07, 6.45) is 3.34. The van der Waals surface area contributed by atoms with Gasteiger partial charge in [-0.2, -0.15) is 0 Å². The van der Waals surface area contributed by atoms with E-state index in [4.69, 9.17) is 5.73 Å². The molecular formula is C14H21FN2. The van der Waals surface area contributed by atoms with E-state index in [9.17, 15) is 4.39 Å². The molecule has 1 aromatic carbocycles. The van der Waals surface area contributed by atoms with Crippen LogP contribution in [0.5, 0.6) is 0 Å². The number of nitrogens with zero attached hydrogens (tertiary/aromatic N) is 1. The summed E-state index contributed by atoms with van der Waals surface area (Å²) < 4.78 is 13.1. The predicted octanol–water partition coefficient (Wildman–Crippen LogP) is 2.78. The van der Waals surface area contributed by atoms with Gasteiger partial charge in [-0.25, -0.2) is 4.39 Å². The molecule has 0 bridgehead atoms. The van der Waals surface area contributed by atoms with Gasteiger partial charge in [0.1, 0.15) is 5.82 Å². The molecule has 1 aliphatic heterocycles. The van der Waals surface area contributed by atoms with Crippen molar-refractivity contribution in [2.45, 2.75) is 32.2 Å². The summed E-state index contributed by atoms with van der Waals surface area (Å²) in [4.78, 5) is 2.24. The lowest BCUT2D eigenvalue weighted by molar-refractivity contribution is 0.430. The molecule has 1 aliphatic rings. The zero-order chi connectivity index (χ0) is 12.3. The van der Waals surface area contributed by atoms with Crippen LogP contribution in [0.2, 0.25) is 0 Å². The van der Waals surface area contributed by atoms with Crippen LogP contribution >= 0.6 is 0 Å². The number of nitrogens with two attached hydrogens (primary N) is 1. The molecule has 1 heterocycles. The lowest BCUT2D eigenvalue weighted by Gasteiger charge is -2.21. The van der Waals surface area contributed by atoms with E-state index < -0.39 is 0 Å². The molecule has 3 heteroatoms. The SMILES string of the molecule is CCCC(N)C1CCN(c2cccc(F)c2)C1. The molecule has 0 radical (unpaired) electrons. The van der Waals surface area contributed by atoms with Crippen molar-refractivity contribution >= 4 is 5.69 Å². The first-order chi connectivity index (χ1) is 8.20. The zero-order valence-corrected chi connectivity index (χ0v) is 10.4. The maximum Gasteiger partial charge on any atom is 0.125 e. The standard InChI is InChI=1S/C14H21FN2/c1-2-4-14(16)11-7-8-17(10-11)13-6-3-5-12(15)9-13/h3,5-6,9,11,14H,2,4,7-8,10,16H2,1H3. The molecule has 1 aromatic rings. The fourth-order valence-electron chi connectivity index (χ4n) is 2.61. The highest BCUT2D eigenvalue weighted by molar-refractivity contribution is 5.47. The highest BCUT2D eigenvalue weighted by Gasteiger charge is 2.27. The molecule has 0 spiro atoms. The van der Waals surface area contributed by atoms with Crippen LogP contribution in [0.15, 0.2) is 24.3 Å². The summed E-state index contributed by atoms with van der Waals surface area (Å²) in [6.45, 7) is 4.12. The number of rotatable bonds is 4. The largest absolute Gasteiger partial charge is 0.371 e. The Morgan fingerprint density at radius 3 is 3.06 bits per heavy atom. The van der Waals surface area contributed by atoms with Gasteiger partial charge >= 0.3 is 0 Å². The summed E-state index contributed by atoms with van der Waals surface area (Å²) >= 11 is 0. The predicted molar refractivity (Wildman–Crippen MR) is 69.6 cm³/mol. The van der Waals surface area contributed by atoms with E-state index in [1.807, 2.05) is 6.07 Å². The first-order valence-electron chi connectivity index (χ1n) is 6.46. The Morgan fingerprint density at radius 2 is 2.35 bits per heavy atom. The third-order valence-corrected chi connectivity index (χ3v) is 3.63. The Bertz CT molecular complexity index is 367. The van der Waals surface area contributed by atoms with Crippen molar-refractivity contribution < 1.29 is 4.39 Å². The van der Waals surface area contributed by atoms with E-state index in [0.717, 1.165) is 38.0 Å². The second-order valence-corrected chi connectivity index (χ2v) is 4.93. The average molecular weight is 236 g/mol. The molecular weight excluding hydrogens is 215 g/mol. The van der Waals surface area contributed by atoms with Crippen LogP contribution < -0.4 is 10.6 Å². The van der Waals surface area contributed by atoms with Gasteiger partial charge in [0.25, 0.3) is 0 Å². The minimum atomic E-state index is -0.163. The smallest absolute Gasteiger partial charge is 0.125 e. The van der Waals surface area contributed by atoms with Crippen molar-refractivity contribution in [3.8, 4) is 0 Å². The quantitative estimate of drug-likeness (QED) is 0.871. The Labute approximate surface area is 103 Å². The number of halogens is 1.